The Morgan fingerprint density at radius 2 is 1.93 bits per heavy atom. The van der Waals surface area contributed by atoms with Crippen molar-refractivity contribution in [2.45, 2.75) is 40.2 Å². The average molecular weight is 428 g/mol. The van der Waals surface area contributed by atoms with Crippen LogP contribution in [0.4, 0.5) is 11.5 Å². The SMILES string of the molecule is CCCCn1c(N)c(N(CC)C(=O)c2sc(-c3ccccc3)nc2C)c(=O)[nH]c1=O. The Kier molecular flexibility index (Phi) is 6.51. The minimum atomic E-state index is -0.675. The third kappa shape index (κ3) is 4.06. The van der Waals surface area contributed by atoms with E-state index in [1.807, 2.05) is 37.3 Å². The number of H-pyrrole nitrogens is 1. The summed E-state index contributed by atoms with van der Waals surface area (Å²) in [5.41, 5.74) is 6.43. The Bertz CT molecular complexity index is 1160. The van der Waals surface area contributed by atoms with Crippen LogP contribution in [0.2, 0.25) is 0 Å². The number of aryl methyl sites for hydroxylation is 1. The van der Waals surface area contributed by atoms with Crippen LogP contribution in [0.1, 0.15) is 42.1 Å². The van der Waals surface area contributed by atoms with Crippen LogP contribution in [0.5, 0.6) is 0 Å². The van der Waals surface area contributed by atoms with Gasteiger partial charge in [0.2, 0.25) is 0 Å². The number of unbranched alkanes of at least 4 members (excludes halogenated alkanes) is 1. The van der Waals surface area contributed by atoms with Crippen LogP contribution in [-0.2, 0) is 6.54 Å². The summed E-state index contributed by atoms with van der Waals surface area (Å²) < 4.78 is 1.31. The lowest BCUT2D eigenvalue weighted by Crippen LogP contribution is -2.41. The standard InChI is InChI=1S/C21H25N5O3S/c1-4-6-12-26-17(22)15(18(27)24-21(26)29)25(5-2)20(28)16-13(3)23-19(30-16)14-10-8-7-9-11-14/h7-11H,4-6,12,22H2,1-3H3,(H,24,27,29). The highest BCUT2D eigenvalue weighted by Crippen LogP contribution is 2.30. The van der Waals surface area contributed by atoms with Crippen LogP contribution in [0.15, 0.2) is 39.9 Å². The van der Waals surface area contributed by atoms with Gasteiger partial charge in [0, 0.05) is 18.7 Å². The summed E-state index contributed by atoms with van der Waals surface area (Å²) in [5, 5.41) is 0.724. The summed E-state index contributed by atoms with van der Waals surface area (Å²) >= 11 is 1.27. The van der Waals surface area contributed by atoms with Crippen LogP contribution >= 0.6 is 11.3 Å². The van der Waals surface area contributed by atoms with Gasteiger partial charge in [-0.3, -0.25) is 24.0 Å². The van der Waals surface area contributed by atoms with Crippen molar-refractivity contribution >= 4 is 28.7 Å². The maximum absolute atomic E-state index is 13.4. The largest absolute Gasteiger partial charge is 0.383 e. The maximum atomic E-state index is 13.4. The van der Waals surface area contributed by atoms with Crippen LogP contribution < -0.4 is 21.9 Å². The predicted octanol–water partition coefficient (Wildman–Crippen LogP) is 3.02. The number of anilines is 2. The highest BCUT2D eigenvalue weighted by molar-refractivity contribution is 7.17. The van der Waals surface area contributed by atoms with Gasteiger partial charge >= 0.3 is 5.69 Å². The second-order valence-electron chi connectivity index (χ2n) is 6.85. The van der Waals surface area contributed by atoms with Crippen molar-refractivity contribution in [3.8, 4) is 10.6 Å². The van der Waals surface area contributed by atoms with Gasteiger partial charge < -0.3 is 5.73 Å². The fraction of sp³-hybridized carbons (Fsp3) is 0.333. The summed E-state index contributed by atoms with van der Waals surface area (Å²) in [6, 6.07) is 9.58. The molecule has 0 aliphatic heterocycles. The number of hydrogen-bond acceptors (Lipinski definition) is 6. The molecule has 0 saturated carbocycles. The average Bonchev–Trinajstić information content (AvgIpc) is 3.12. The third-order valence-electron chi connectivity index (χ3n) is 4.79. The van der Waals surface area contributed by atoms with Gasteiger partial charge in [-0.2, -0.15) is 0 Å². The number of rotatable bonds is 7. The number of amides is 1. The molecule has 0 bridgehead atoms. The molecule has 3 rings (SSSR count). The zero-order chi connectivity index (χ0) is 21.8. The van der Waals surface area contributed by atoms with E-state index in [4.69, 9.17) is 5.73 Å². The molecule has 3 N–H and O–H groups in total. The molecule has 3 aromatic rings. The van der Waals surface area contributed by atoms with E-state index < -0.39 is 11.2 Å². The highest BCUT2D eigenvalue weighted by Gasteiger charge is 2.27. The zero-order valence-corrected chi connectivity index (χ0v) is 18.1. The van der Waals surface area contributed by atoms with Crippen molar-refractivity contribution in [2.75, 3.05) is 17.2 Å². The molecule has 9 heteroatoms. The molecule has 0 saturated heterocycles. The van der Waals surface area contributed by atoms with Crippen molar-refractivity contribution in [3.05, 3.63) is 61.7 Å². The van der Waals surface area contributed by atoms with Gasteiger partial charge in [0.05, 0.1) is 5.69 Å². The normalized spacial score (nSPS) is 10.9. The molecule has 8 nitrogen and oxygen atoms in total. The van der Waals surface area contributed by atoms with Crippen molar-refractivity contribution in [1.82, 2.24) is 14.5 Å². The molecular formula is C21H25N5O3S. The minimum Gasteiger partial charge on any atom is -0.383 e. The lowest BCUT2D eigenvalue weighted by molar-refractivity contribution is 0.0991. The number of nitrogens with zero attached hydrogens (tertiary/aromatic N) is 3. The van der Waals surface area contributed by atoms with Crippen LogP contribution in [0.3, 0.4) is 0 Å². The van der Waals surface area contributed by atoms with Crippen molar-refractivity contribution in [3.63, 3.8) is 0 Å². The van der Waals surface area contributed by atoms with Crippen molar-refractivity contribution in [1.29, 1.82) is 0 Å². The predicted molar refractivity (Wildman–Crippen MR) is 120 cm³/mol. The van der Waals surface area contributed by atoms with Crippen LogP contribution in [-0.4, -0.2) is 27.0 Å². The summed E-state index contributed by atoms with van der Waals surface area (Å²) in [6.45, 7) is 6.10. The van der Waals surface area contributed by atoms with Gasteiger partial charge in [-0.05, 0) is 20.3 Å². The number of nitrogen functional groups attached to an aromatic ring is 1. The molecular weight excluding hydrogens is 402 g/mol. The fourth-order valence-corrected chi connectivity index (χ4v) is 4.22. The van der Waals surface area contributed by atoms with Gasteiger partial charge in [0.15, 0.2) is 5.69 Å². The smallest absolute Gasteiger partial charge is 0.330 e. The molecule has 0 unspecified atom stereocenters. The minimum absolute atomic E-state index is 0.00199. The first-order valence-electron chi connectivity index (χ1n) is 9.86. The van der Waals surface area contributed by atoms with E-state index in [1.54, 1.807) is 13.8 Å². The number of benzene rings is 1. The fourth-order valence-electron chi connectivity index (χ4n) is 3.20. The molecule has 0 aliphatic carbocycles. The van der Waals surface area contributed by atoms with E-state index in [1.165, 1.54) is 20.8 Å². The number of nitrogens with one attached hydrogen (secondary N) is 1. The number of nitrogens with two attached hydrogens (primary N) is 1. The van der Waals surface area contributed by atoms with Crippen molar-refractivity contribution in [2.24, 2.45) is 0 Å². The molecule has 2 aromatic heterocycles. The Hall–Kier alpha value is -3.20. The van der Waals surface area contributed by atoms with E-state index in [0.29, 0.717) is 17.1 Å². The molecule has 0 atom stereocenters. The molecule has 0 radical (unpaired) electrons. The second-order valence-corrected chi connectivity index (χ2v) is 7.85. The van der Waals surface area contributed by atoms with Crippen LogP contribution in [0.25, 0.3) is 10.6 Å². The number of thiazole rings is 1. The maximum Gasteiger partial charge on any atom is 0.330 e. The summed E-state index contributed by atoms with van der Waals surface area (Å²) in [4.78, 5) is 46.7. The van der Waals surface area contributed by atoms with Gasteiger partial charge in [0.1, 0.15) is 15.7 Å². The summed E-state index contributed by atoms with van der Waals surface area (Å²) in [7, 11) is 0. The lowest BCUT2D eigenvalue weighted by atomic mass is 10.2. The quantitative estimate of drug-likeness (QED) is 0.602. The molecule has 158 valence electrons. The lowest BCUT2D eigenvalue weighted by Gasteiger charge is -2.22. The Balaban J connectivity index is 2.05. The Morgan fingerprint density at radius 1 is 1.23 bits per heavy atom. The van der Waals surface area contributed by atoms with Gasteiger partial charge in [-0.1, -0.05) is 43.7 Å². The number of carbonyl (C=O) groups is 1. The first-order chi connectivity index (χ1) is 14.4. The van der Waals surface area contributed by atoms with Gasteiger partial charge in [0.25, 0.3) is 11.5 Å². The molecule has 2 heterocycles. The summed E-state index contributed by atoms with van der Waals surface area (Å²) in [5.74, 6) is -0.370. The van der Waals surface area contributed by atoms with E-state index >= 15 is 0 Å². The number of hydrogen-bond donors (Lipinski definition) is 2. The molecule has 0 spiro atoms. The first kappa shape index (κ1) is 21.5. The van der Waals surface area contributed by atoms with E-state index in [9.17, 15) is 14.4 Å². The topological polar surface area (TPSA) is 114 Å². The Labute approximate surface area is 178 Å². The van der Waals surface area contributed by atoms with E-state index in [2.05, 4.69) is 9.97 Å². The Morgan fingerprint density at radius 3 is 2.57 bits per heavy atom. The second kappa shape index (κ2) is 9.08. The van der Waals surface area contributed by atoms with Gasteiger partial charge in [-0.15, -0.1) is 11.3 Å². The molecule has 0 fully saturated rings. The van der Waals surface area contributed by atoms with Gasteiger partial charge in [-0.25, -0.2) is 9.78 Å². The number of aromatic nitrogens is 3. The van der Waals surface area contributed by atoms with Crippen LogP contribution in [0, 0.1) is 6.92 Å². The van der Waals surface area contributed by atoms with E-state index in [0.717, 1.165) is 23.4 Å². The summed E-state index contributed by atoms with van der Waals surface area (Å²) in [6.07, 6.45) is 1.59. The first-order valence-corrected chi connectivity index (χ1v) is 10.7. The van der Waals surface area contributed by atoms with Crippen molar-refractivity contribution < 1.29 is 4.79 Å². The van der Waals surface area contributed by atoms with E-state index in [-0.39, 0.29) is 24.0 Å². The molecule has 1 aromatic carbocycles. The number of aromatic amines is 1. The highest BCUT2D eigenvalue weighted by atomic mass is 32.1. The monoisotopic (exact) mass is 427 g/mol. The molecule has 0 aliphatic rings. The molecule has 30 heavy (non-hydrogen) atoms. The zero-order valence-electron chi connectivity index (χ0n) is 17.3. The third-order valence-corrected chi connectivity index (χ3v) is 5.99. The molecule has 1 amide bonds. The number of carbonyl (C=O) groups excluding carboxylic acids is 1.